The molecule has 0 aliphatic heterocycles. The minimum Gasteiger partial charge on any atom is -0.489 e. The maximum absolute atomic E-state index is 5.70. The van der Waals surface area contributed by atoms with E-state index in [0.717, 1.165) is 16.9 Å². The maximum atomic E-state index is 5.70. The van der Waals surface area contributed by atoms with E-state index in [-0.39, 0.29) is 0 Å². The molecule has 18 heavy (non-hydrogen) atoms. The minimum absolute atomic E-state index is 0.403. The molecule has 2 nitrogen and oxygen atoms in total. The Morgan fingerprint density at radius 1 is 1.17 bits per heavy atom. The average molecular weight is 257 g/mol. The van der Waals surface area contributed by atoms with Crippen molar-refractivity contribution in [1.82, 2.24) is 0 Å². The van der Waals surface area contributed by atoms with Gasteiger partial charge in [0.1, 0.15) is 17.3 Å². The number of thiocarbonyl (C=S) groups is 1. The Morgan fingerprint density at radius 2 is 1.89 bits per heavy atom. The monoisotopic (exact) mass is 257 g/mol. The number of benzene rings is 2. The Kier molecular flexibility index (Phi) is 3.95. The van der Waals surface area contributed by atoms with Crippen LogP contribution in [-0.4, -0.2) is 4.99 Å². The molecule has 0 aliphatic carbocycles. The van der Waals surface area contributed by atoms with Gasteiger partial charge in [0.25, 0.3) is 0 Å². The van der Waals surface area contributed by atoms with Gasteiger partial charge in [-0.2, -0.15) is 0 Å². The first-order valence-electron chi connectivity index (χ1n) is 5.73. The molecule has 92 valence electrons. The molecule has 2 aromatic carbocycles. The maximum Gasteiger partial charge on any atom is 0.119 e. The standard InChI is InChI=1S/C15H15NOS/c1-11-3-2-4-12(9-11)10-17-14-7-5-13(6-8-14)15(16)18/h2-9H,10H2,1H3,(H2,16,18). The Bertz CT molecular complexity index is 549. The Labute approximate surface area is 112 Å². The smallest absolute Gasteiger partial charge is 0.119 e. The molecule has 3 heteroatoms. The van der Waals surface area contributed by atoms with Gasteiger partial charge in [-0.25, -0.2) is 0 Å². The lowest BCUT2D eigenvalue weighted by Crippen LogP contribution is -2.08. The van der Waals surface area contributed by atoms with E-state index in [0.29, 0.717) is 11.6 Å². The summed E-state index contributed by atoms with van der Waals surface area (Å²) in [6.07, 6.45) is 0. The van der Waals surface area contributed by atoms with E-state index >= 15 is 0 Å². The van der Waals surface area contributed by atoms with Gasteiger partial charge in [0.2, 0.25) is 0 Å². The molecule has 2 aromatic rings. The van der Waals surface area contributed by atoms with Crippen molar-refractivity contribution in [3.63, 3.8) is 0 Å². The second-order valence-electron chi connectivity index (χ2n) is 4.17. The molecule has 0 bridgehead atoms. The largest absolute Gasteiger partial charge is 0.489 e. The molecule has 0 saturated heterocycles. The Morgan fingerprint density at radius 3 is 2.50 bits per heavy atom. The number of hydrogen-bond acceptors (Lipinski definition) is 2. The highest BCUT2D eigenvalue weighted by molar-refractivity contribution is 7.80. The van der Waals surface area contributed by atoms with Gasteiger partial charge in [0, 0.05) is 5.56 Å². The van der Waals surface area contributed by atoms with Crippen molar-refractivity contribution in [3.05, 3.63) is 65.2 Å². The molecule has 0 aliphatic rings. The molecule has 2 N–H and O–H groups in total. The summed E-state index contributed by atoms with van der Waals surface area (Å²) in [6.45, 7) is 2.63. The average Bonchev–Trinajstić information content (AvgIpc) is 2.37. The fraction of sp³-hybridized carbons (Fsp3) is 0.133. The molecule has 0 heterocycles. The van der Waals surface area contributed by atoms with Crippen LogP contribution in [0.25, 0.3) is 0 Å². The molecule has 0 fully saturated rings. The minimum atomic E-state index is 0.403. The van der Waals surface area contributed by atoms with Crippen LogP contribution in [0.4, 0.5) is 0 Å². The Hall–Kier alpha value is -1.87. The number of rotatable bonds is 4. The number of hydrogen-bond donors (Lipinski definition) is 1. The SMILES string of the molecule is Cc1cccc(COc2ccc(C(N)=S)cc2)c1. The molecule has 0 atom stereocenters. The quantitative estimate of drug-likeness (QED) is 0.854. The normalized spacial score (nSPS) is 10.1. The number of aryl methyl sites for hydroxylation is 1. The third-order valence-electron chi connectivity index (χ3n) is 2.63. The van der Waals surface area contributed by atoms with Gasteiger partial charge in [-0.15, -0.1) is 0 Å². The van der Waals surface area contributed by atoms with Gasteiger partial charge in [-0.05, 0) is 36.8 Å². The van der Waals surface area contributed by atoms with Crippen molar-refractivity contribution >= 4 is 17.2 Å². The lowest BCUT2D eigenvalue weighted by Gasteiger charge is -2.07. The third-order valence-corrected chi connectivity index (χ3v) is 2.86. The van der Waals surface area contributed by atoms with E-state index in [1.165, 1.54) is 5.56 Å². The molecular weight excluding hydrogens is 242 g/mol. The van der Waals surface area contributed by atoms with Crippen LogP contribution < -0.4 is 10.5 Å². The van der Waals surface area contributed by atoms with Gasteiger partial charge in [0.05, 0.1) is 0 Å². The van der Waals surface area contributed by atoms with E-state index in [2.05, 4.69) is 25.1 Å². The van der Waals surface area contributed by atoms with Gasteiger partial charge in [-0.1, -0.05) is 42.0 Å². The van der Waals surface area contributed by atoms with Crippen molar-refractivity contribution in [2.75, 3.05) is 0 Å². The van der Waals surface area contributed by atoms with Gasteiger partial charge >= 0.3 is 0 Å². The lowest BCUT2D eigenvalue weighted by atomic mass is 10.1. The van der Waals surface area contributed by atoms with Crippen LogP contribution in [0.2, 0.25) is 0 Å². The van der Waals surface area contributed by atoms with Crippen LogP contribution in [0.5, 0.6) is 5.75 Å². The summed E-state index contributed by atoms with van der Waals surface area (Å²) in [5.41, 5.74) is 8.79. The van der Waals surface area contributed by atoms with Crippen LogP contribution in [0.1, 0.15) is 16.7 Å². The van der Waals surface area contributed by atoms with Crippen molar-refractivity contribution in [2.24, 2.45) is 5.73 Å². The van der Waals surface area contributed by atoms with Crippen molar-refractivity contribution in [2.45, 2.75) is 13.5 Å². The zero-order valence-electron chi connectivity index (χ0n) is 10.2. The number of nitrogens with two attached hydrogens (primary N) is 1. The summed E-state index contributed by atoms with van der Waals surface area (Å²) in [5, 5.41) is 0. The second-order valence-corrected chi connectivity index (χ2v) is 4.61. The first kappa shape index (κ1) is 12.6. The molecule has 0 saturated carbocycles. The van der Waals surface area contributed by atoms with Crippen LogP contribution in [0, 0.1) is 6.92 Å². The fourth-order valence-corrected chi connectivity index (χ4v) is 1.82. The van der Waals surface area contributed by atoms with Crippen molar-refractivity contribution in [3.8, 4) is 5.75 Å². The fourth-order valence-electron chi connectivity index (χ4n) is 1.68. The van der Waals surface area contributed by atoms with Gasteiger partial charge in [0.15, 0.2) is 0 Å². The molecule has 0 unspecified atom stereocenters. The summed E-state index contributed by atoms with van der Waals surface area (Å²) < 4.78 is 5.70. The van der Waals surface area contributed by atoms with Gasteiger partial charge < -0.3 is 10.5 Å². The third kappa shape index (κ3) is 3.31. The zero-order chi connectivity index (χ0) is 13.0. The summed E-state index contributed by atoms with van der Waals surface area (Å²) in [7, 11) is 0. The molecule has 0 spiro atoms. The van der Waals surface area contributed by atoms with Gasteiger partial charge in [-0.3, -0.25) is 0 Å². The lowest BCUT2D eigenvalue weighted by molar-refractivity contribution is 0.306. The highest BCUT2D eigenvalue weighted by Gasteiger charge is 1.99. The van der Waals surface area contributed by atoms with Crippen molar-refractivity contribution in [1.29, 1.82) is 0 Å². The Balaban J connectivity index is 2.00. The van der Waals surface area contributed by atoms with Crippen molar-refractivity contribution < 1.29 is 4.74 Å². The molecular formula is C15H15NOS. The van der Waals surface area contributed by atoms with Crippen LogP contribution in [0.15, 0.2) is 48.5 Å². The second kappa shape index (κ2) is 5.65. The summed E-state index contributed by atoms with van der Waals surface area (Å²) in [5.74, 6) is 0.816. The topological polar surface area (TPSA) is 35.2 Å². The summed E-state index contributed by atoms with van der Waals surface area (Å²) >= 11 is 4.90. The van der Waals surface area contributed by atoms with E-state index in [4.69, 9.17) is 22.7 Å². The molecule has 2 rings (SSSR count). The van der Waals surface area contributed by atoms with Crippen LogP contribution >= 0.6 is 12.2 Å². The summed E-state index contributed by atoms with van der Waals surface area (Å²) in [6, 6.07) is 15.8. The van der Waals surface area contributed by atoms with E-state index in [1.54, 1.807) is 0 Å². The van der Waals surface area contributed by atoms with Crippen LogP contribution in [0.3, 0.4) is 0 Å². The zero-order valence-corrected chi connectivity index (χ0v) is 11.0. The summed E-state index contributed by atoms with van der Waals surface area (Å²) in [4.78, 5) is 0.403. The first-order valence-corrected chi connectivity index (χ1v) is 6.14. The predicted octanol–water partition coefficient (Wildman–Crippen LogP) is 3.21. The van der Waals surface area contributed by atoms with E-state index < -0.39 is 0 Å². The van der Waals surface area contributed by atoms with Crippen LogP contribution in [-0.2, 0) is 6.61 Å². The number of ether oxygens (including phenoxy) is 1. The highest BCUT2D eigenvalue weighted by Crippen LogP contribution is 2.14. The molecule has 0 aromatic heterocycles. The molecule has 0 amide bonds. The van der Waals surface area contributed by atoms with E-state index in [1.807, 2.05) is 30.3 Å². The highest BCUT2D eigenvalue weighted by atomic mass is 32.1. The van der Waals surface area contributed by atoms with E-state index in [9.17, 15) is 0 Å². The predicted molar refractivity (Wildman–Crippen MR) is 77.8 cm³/mol. The molecule has 0 radical (unpaired) electrons. The first-order chi connectivity index (χ1) is 8.65.